The summed E-state index contributed by atoms with van der Waals surface area (Å²) in [5.74, 6) is 0.466. The van der Waals surface area contributed by atoms with Gasteiger partial charge < -0.3 is 5.32 Å². The first-order chi connectivity index (χ1) is 7.63. The largest absolute Gasteiger partial charge is 0.356 e. The van der Waals surface area contributed by atoms with Gasteiger partial charge in [0.25, 0.3) is 0 Å². The van der Waals surface area contributed by atoms with Crippen LogP contribution in [0.25, 0.3) is 0 Å². The molecule has 1 amide bonds. The molecule has 0 aliphatic carbocycles. The van der Waals surface area contributed by atoms with Crippen LogP contribution in [-0.2, 0) is 10.5 Å². The Morgan fingerprint density at radius 2 is 2.31 bits per heavy atom. The van der Waals surface area contributed by atoms with E-state index >= 15 is 0 Å². The van der Waals surface area contributed by atoms with Crippen molar-refractivity contribution in [2.75, 3.05) is 12.3 Å². The molecule has 0 fully saturated rings. The van der Waals surface area contributed by atoms with E-state index < -0.39 is 0 Å². The van der Waals surface area contributed by atoms with E-state index in [-0.39, 0.29) is 11.7 Å². The maximum absolute atomic E-state index is 13.3. The molecule has 1 rings (SSSR count). The van der Waals surface area contributed by atoms with Crippen molar-refractivity contribution in [2.24, 2.45) is 0 Å². The van der Waals surface area contributed by atoms with E-state index in [4.69, 9.17) is 11.6 Å². The van der Waals surface area contributed by atoms with Crippen LogP contribution in [-0.4, -0.2) is 18.2 Å². The van der Waals surface area contributed by atoms with E-state index in [0.717, 1.165) is 0 Å². The van der Waals surface area contributed by atoms with Gasteiger partial charge in [-0.1, -0.05) is 17.7 Å². The summed E-state index contributed by atoms with van der Waals surface area (Å²) >= 11 is 7.01. The third-order valence-electron chi connectivity index (χ3n) is 1.88. The van der Waals surface area contributed by atoms with Gasteiger partial charge in [-0.25, -0.2) is 4.39 Å². The van der Waals surface area contributed by atoms with E-state index in [2.05, 4.69) is 5.32 Å². The van der Waals surface area contributed by atoms with Crippen molar-refractivity contribution in [3.05, 3.63) is 34.6 Å². The predicted molar refractivity (Wildman–Crippen MR) is 66.3 cm³/mol. The van der Waals surface area contributed by atoms with E-state index in [1.54, 1.807) is 12.1 Å². The van der Waals surface area contributed by atoms with Crippen molar-refractivity contribution in [3.63, 3.8) is 0 Å². The Hall–Kier alpha value is -0.740. The Labute approximate surface area is 104 Å². The monoisotopic (exact) mass is 261 g/mol. The number of rotatable bonds is 5. The Morgan fingerprint density at radius 3 is 2.94 bits per heavy atom. The molecule has 1 aromatic rings. The summed E-state index contributed by atoms with van der Waals surface area (Å²) in [5, 5.41) is 3.07. The van der Waals surface area contributed by atoms with Crippen molar-refractivity contribution >= 4 is 29.3 Å². The molecule has 0 heterocycles. The average Bonchev–Trinajstić information content (AvgIpc) is 2.22. The van der Waals surface area contributed by atoms with Crippen molar-refractivity contribution in [1.29, 1.82) is 0 Å². The maximum atomic E-state index is 13.3. The Balaban J connectivity index is 2.40. The second kappa shape index (κ2) is 6.76. The van der Waals surface area contributed by atoms with Crippen molar-refractivity contribution in [3.8, 4) is 0 Å². The lowest BCUT2D eigenvalue weighted by atomic mass is 10.2. The van der Waals surface area contributed by atoms with E-state index in [1.165, 1.54) is 17.8 Å². The van der Waals surface area contributed by atoms with Gasteiger partial charge in [0, 0.05) is 17.3 Å². The van der Waals surface area contributed by atoms with Gasteiger partial charge in [0.1, 0.15) is 5.82 Å². The lowest BCUT2D eigenvalue weighted by molar-refractivity contribution is -0.118. The summed E-state index contributed by atoms with van der Waals surface area (Å²) in [6.07, 6.45) is 0. The molecule has 0 saturated carbocycles. The number of carbonyl (C=O) groups is 1. The summed E-state index contributed by atoms with van der Waals surface area (Å²) in [5.41, 5.74) is 0.568. The van der Waals surface area contributed by atoms with Crippen LogP contribution in [0.2, 0.25) is 5.02 Å². The second-order valence-corrected chi connectivity index (χ2v) is 4.60. The number of benzene rings is 1. The zero-order valence-electron chi connectivity index (χ0n) is 8.93. The minimum Gasteiger partial charge on any atom is -0.356 e. The third-order valence-corrected chi connectivity index (χ3v) is 3.10. The summed E-state index contributed by atoms with van der Waals surface area (Å²) < 4.78 is 13.3. The van der Waals surface area contributed by atoms with Crippen LogP contribution >= 0.6 is 23.4 Å². The molecule has 0 unspecified atom stereocenters. The summed E-state index contributed by atoms with van der Waals surface area (Å²) in [6, 6.07) is 4.57. The van der Waals surface area contributed by atoms with Crippen LogP contribution in [0.3, 0.4) is 0 Å². The van der Waals surface area contributed by atoms with Gasteiger partial charge in [0.15, 0.2) is 0 Å². The zero-order valence-corrected chi connectivity index (χ0v) is 10.5. The smallest absolute Gasteiger partial charge is 0.229 e. The third kappa shape index (κ3) is 4.41. The summed E-state index contributed by atoms with van der Waals surface area (Å²) in [4.78, 5) is 11.1. The molecule has 88 valence electrons. The highest BCUT2D eigenvalue weighted by Crippen LogP contribution is 2.19. The fourth-order valence-corrected chi connectivity index (χ4v) is 2.14. The fraction of sp³-hybridized carbons (Fsp3) is 0.364. The molecule has 0 saturated heterocycles. The number of thioether (sulfide) groups is 1. The Bertz CT molecular complexity index is 373. The quantitative estimate of drug-likeness (QED) is 0.883. The van der Waals surface area contributed by atoms with Crippen LogP contribution in [0.5, 0.6) is 0 Å². The van der Waals surface area contributed by atoms with Gasteiger partial charge in [-0.15, -0.1) is 11.8 Å². The van der Waals surface area contributed by atoms with Gasteiger partial charge in [-0.3, -0.25) is 4.79 Å². The zero-order chi connectivity index (χ0) is 12.0. The van der Waals surface area contributed by atoms with E-state index in [0.29, 0.717) is 28.6 Å². The molecular formula is C11H13ClFNOS. The summed E-state index contributed by atoms with van der Waals surface area (Å²) in [6.45, 7) is 2.48. The summed E-state index contributed by atoms with van der Waals surface area (Å²) in [7, 11) is 0. The molecule has 5 heteroatoms. The highest BCUT2D eigenvalue weighted by molar-refractivity contribution is 7.99. The number of amides is 1. The first-order valence-corrected chi connectivity index (χ1v) is 6.45. The SMILES string of the molecule is CCNC(=O)CSCc1ccc(Cl)cc1F. The minimum absolute atomic E-state index is 0.0260. The van der Waals surface area contributed by atoms with Gasteiger partial charge >= 0.3 is 0 Å². The fourth-order valence-electron chi connectivity index (χ4n) is 1.14. The molecule has 1 N–H and O–H groups in total. The Morgan fingerprint density at radius 1 is 1.56 bits per heavy atom. The molecular weight excluding hydrogens is 249 g/mol. The minimum atomic E-state index is -0.323. The molecule has 0 aliphatic heterocycles. The average molecular weight is 262 g/mol. The van der Waals surface area contributed by atoms with Gasteiger partial charge in [-0.2, -0.15) is 0 Å². The number of nitrogens with one attached hydrogen (secondary N) is 1. The molecule has 0 aliphatic rings. The molecule has 1 aromatic carbocycles. The Kier molecular flexibility index (Phi) is 5.63. The standard InChI is InChI=1S/C11H13ClFNOS/c1-2-14-11(15)7-16-6-8-3-4-9(12)5-10(8)13/h3-5H,2,6-7H2,1H3,(H,14,15). The second-order valence-electron chi connectivity index (χ2n) is 3.18. The number of hydrogen-bond donors (Lipinski definition) is 1. The lowest BCUT2D eigenvalue weighted by Gasteiger charge is -2.04. The highest BCUT2D eigenvalue weighted by atomic mass is 35.5. The first-order valence-electron chi connectivity index (χ1n) is 4.92. The molecule has 2 nitrogen and oxygen atoms in total. The molecule has 0 radical (unpaired) electrons. The first kappa shape index (κ1) is 13.3. The number of hydrogen-bond acceptors (Lipinski definition) is 2. The maximum Gasteiger partial charge on any atom is 0.229 e. The molecule has 0 aromatic heterocycles. The van der Waals surface area contributed by atoms with Gasteiger partial charge in [0.2, 0.25) is 5.91 Å². The highest BCUT2D eigenvalue weighted by Gasteiger charge is 2.05. The van der Waals surface area contributed by atoms with E-state index in [9.17, 15) is 9.18 Å². The van der Waals surface area contributed by atoms with Crippen molar-refractivity contribution in [1.82, 2.24) is 5.32 Å². The number of carbonyl (C=O) groups excluding carboxylic acids is 1. The molecule has 0 spiro atoms. The molecule has 16 heavy (non-hydrogen) atoms. The molecule has 0 atom stereocenters. The predicted octanol–water partition coefficient (Wildman–Crippen LogP) is 2.85. The lowest BCUT2D eigenvalue weighted by Crippen LogP contribution is -2.24. The van der Waals surface area contributed by atoms with Crippen LogP contribution in [0.1, 0.15) is 12.5 Å². The van der Waals surface area contributed by atoms with Gasteiger partial charge in [-0.05, 0) is 24.6 Å². The van der Waals surface area contributed by atoms with Crippen LogP contribution < -0.4 is 5.32 Å². The van der Waals surface area contributed by atoms with Crippen LogP contribution in [0.4, 0.5) is 4.39 Å². The van der Waals surface area contributed by atoms with Crippen LogP contribution in [0.15, 0.2) is 18.2 Å². The van der Waals surface area contributed by atoms with Gasteiger partial charge in [0.05, 0.1) is 5.75 Å². The molecule has 0 bridgehead atoms. The number of halogens is 2. The van der Waals surface area contributed by atoms with Crippen LogP contribution in [0, 0.1) is 5.82 Å². The topological polar surface area (TPSA) is 29.1 Å². The normalized spacial score (nSPS) is 10.2. The van der Waals surface area contributed by atoms with Crippen molar-refractivity contribution < 1.29 is 9.18 Å². The van der Waals surface area contributed by atoms with Crippen molar-refractivity contribution in [2.45, 2.75) is 12.7 Å². The van der Waals surface area contributed by atoms with E-state index in [1.807, 2.05) is 6.92 Å².